The Balaban J connectivity index is 2.14. The molecule has 1 rings (SSSR count). The molecule has 0 fully saturated rings. The second-order valence-electron chi connectivity index (χ2n) is 5.35. The van der Waals surface area contributed by atoms with Crippen molar-refractivity contribution in [3.63, 3.8) is 0 Å². The largest absolute Gasteiger partial charge is 0.381 e. The Bertz CT molecular complexity index is 434. The highest BCUT2D eigenvalue weighted by atomic mass is 16.5. The van der Waals surface area contributed by atoms with E-state index in [4.69, 9.17) is 9.26 Å². The third kappa shape index (κ3) is 9.89. The zero-order valence-corrected chi connectivity index (χ0v) is 14.7. The minimum absolute atomic E-state index is 0.680. The molecule has 0 amide bonds. The van der Waals surface area contributed by atoms with E-state index in [2.05, 4.69) is 39.6 Å². The monoisotopic (exact) mass is 325 g/mol. The van der Waals surface area contributed by atoms with E-state index < -0.39 is 0 Å². The van der Waals surface area contributed by atoms with E-state index in [0.717, 1.165) is 64.5 Å². The van der Waals surface area contributed by atoms with Crippen LogP contribution in [0.2, 0.25) is 0 Å². The molecular formula is C16H31N5O2. The van der Waals surface area contributed by atoms with Crippen LogP contribution in [0.1, 0.15) is 51.2 Å². The maximum atomic E-state index is 5.54. The molecule has 0 unspecified atom stereocenters. The van der Waals surface area contributed by atoms with Gasteiger partial charge in [0.1, 0.15) is 0 Å². The summed E-state index contributed by atoms with van der Waals surface area (Å²) in [7, 11) is 0. The van der Waals surface area contributed by atoms with Crippen LogP contribution in [0.4, 0.5) is 0 Å². The lowest BCUT2D eigenvalue weighted by molar-refractivity contribution is 0.129. The van der Waals surface area contributed by atoms with Gasteiger partial charge in [-0.1, -0.05) is 18.5 Å². The number of guanidine groups is 1. The fourth-order valence-electron chi connectivity index (χ4n) is 1.93. The topological polar surface area (TPSA) is 84.6 Å². The molecule has 0 radical (unpaired) electrons. The molecule has 0 spiro atoms. The summed E-state index contributed by atoms with van der Waals surface area (Å²) in [5.74, 6) is 2.21. The van der Waals surface area contributed by atoms with Crippen molar-refractivity contribution >= 4 is 5.96 Å². The molecule has 0 aliphatic rings. The van der Waals surface area contributed by atoms with Crippen LogP contribution in [-0.2, 0) is 11.2 Å². The number of hydrogen-bond donors (Lipinski definition) is 2. The molecule has 7 nitrogen and oxygen atoms in total. The Morgan fingerprint density at radius 2 is 2.00 bits per heavy atom. The first-order valence-corrected chi connectivity index (χ1v) is 8.65. The first-order valence-electron chi connectivity index (χ1n) is 8.65. The molecule has 7 heteroatoms. The average Bonchev–Trinajstić information content (AvgIpc) is 2.96. The van der Waals surface area contributed by atoms with Crippen molar-refractivity contribution in [3.8, 4) is 0 Å². The highest BCUT2D eigenvalue weighted by Gasteiger charge is 2.02. The summed E-state index contributed by atoms with van der Waals surface area (Å²) in [6, 6.07) is 0. The number of aryl methyl sites for hydroxylation is 2. The Labute approximate surface area is 139 Å². The SMILES string of the molecule is CCCCOCCCNC(=NCCCc1nc(C)no1)NCC. The predicted octanol–water partition coefficient (Wildman–Crippen LogP) is 2.07. The third-order valence-corrected chi connectivity index (χ3v) is 3.13. The zero-order valence-electron chi connectivity index (χ0n) is 14.7. The number of ether oxygens (including phenoxy) is 1. The maximum absolute atomic E-state index is 5.54. The van der Waals surface area contributed by atoms with E-state index in [1.807, 2.05) is 6.92 Å². The average molecular weight is 325 g/mol. The van der Waals surface area contributed by atoms with Crippen molar-refractivity contribution in [1.29, 1.82) is 0 Å². The van der Waals surface area contributed by atoms with E-state index in [-0.39, 0.29) is 0 Å². The first kappa shape index (κ1) is 19.4. The summed E-state index contributed by atoms with van der Waals surface area (Å²) in [6.45, 7) is 10.1. The van der Waals surface area contributed by atoms with Gasteiger partial charge in [0.15, 0.2) is 11.8 Å². The molecule has 0 aliphatic carbocycles. The molecule has 132 valence electrons. The molecule has 23 heavy (non-hydrogen) atoms. The fourth-order valence-corrected chi connectivity index (χ4v) is 1.93. The quantitative estimate of drug-likeness (QED) is 0.348. The van der Waals surface area contributed by atoms with Crippen LogP contribution in [0, 0.1) is 6.92 Å². The van der Waals surface area contributed by atoms with Crippen LogP contribution in [0.15, 0.2) is 9.52 Å². The smallest absolute Gasteiger partial charge is 0.226 e. The van der Waals surface area contributed by atoms with Gasteiger partial charge in [-0.3, -0.25) is 4.99 Å². The Morgan fingerprint density at radius 3 is 2.70 bits per heavy atom. The van der Waals surface area contributed by atoms with Gasteiger partial charge in [-0.2, -0.15) is 4.98 Å². The fraction of sp³-hybridized carbons (Fsp3) is 0.812. The van der Waals surface area contributed by atoms with Gasteiger partial charge < -0.3 is 19.9 Å². The summed E-state index contributed by atoms with van der Waals surface area (Å²) >= 11 is 0. The standard InChI is InChI=1S/C16H31N5O2/c1-4-6-12-22-13-8-11-19-16(17-5-2)18-10-7-9-15-20-14(3)21-23-15/h4-13H2,1-3H3,(H2,17,18,19). The molecular weight excluding hydrogens is 294 g/mol. The molecule has 1 heterocycles. The van der Waals surface area contributed by atoms with Gasteiger partial charge in [0.05, 0.1) is 0 Å². The number of hydrogen-bond acceptors (Lipinski definition) is 5. The number of nitrogens with zero attached hydrogens (tertiary/aromatic N) is 3. The summed E-state index contributed by atoms with van der Waals surface area (Å²) < 4.78 is 10.6. The first-order chi connectivity index (χ1) is 11.3. The Kier molecular flexibility index (Phi) is 10.9. The van der Waals surface area contributed by atoms with Gasteiger partial charge in [0, 0.05) is 39.3 Å². The number of nitrogens with one attached hydrogen (secondary N) is 2. The Hall–Kier alpha value is -1.63. The van der Waals surface area contributed by atoms with Crippen molar-refractivity contribution in [3.05, 3.63) is 11.7 Å². The zero-order chi connectivity index (χ0) is 16.8. The van der Waals surface area contributed by atoms with Gasteiger partial charge in [-0.25, -0.2) is 0 Å². The van der Waals surface area contributed by atoms with Gasteiger partial charge in [-0.15, -0.1) is 0 Å². The van der Waals surface area contributed by atoms with Crippen LogP contribution in [0.3, 0.4) is 0 Å². The second kappa shape index (κ2) is 12.9. The van der Waals surface area contributed by atoms with E-state index in [1.165, 1.54) is 6.42 Å². The highest BCUT2D eigenvalue weighted by Crippen LogP contribution is 1.99. The van der Waals surface area contributed by atoms with Crippen LogP contribution in [-0.4, -0.2) is 48.9 Å². The summed E-state index contributed by atoms with van der Waals surface area (Å²) in [6.07, 6.45) is 4.94. The summed E-state index contributed by atoms with van der Waals surface area (Å²) in [5, 5.41) is 10.3. The normalized spacial score (nSPS) is 11.7. The van der Waals surface area contributed by atoms with Gasteiger partial charge in [-0.05, 0) is 33.1 Å². The van der Waals surface area contributed by atoms with Crippen molar-refractivity contribution in [1.82, 2.24) is 20.8 Å². The lowest BCUT2D eigenvalue weighted by Crippen LogP contribution is -2.38. The maximum Gasteiger partial charge on any atom is 0.226 e. The second-order valence-corrected chi connectivity index (χ2v) is 5.35. The van der Waals surface area contributed by atoms with Gasteiger partial charge in [0.2, 0.25) is 5.89 Å². The van der Waals surface area contributed by atoms with Crippen molar-refractivity contribution in [2.45, 2.75) is 52.9 Å². The predicted molar refractivity (Wildman–Crippen MR) is 91.7 cm³/mol. The van der Waals surface area contributed by atoms with Crippen LogP contribution in [0.5, 0.6) is 0 Å². The molecule has 0 aromatic carbocycles. The molecule has 0 saturated carbocycles. The van der Waals surface area contributed by atoms with E-state index in [9.17, 15) is 0 Å². The molecule has 0 bridgehead atoms. The minimum atomic E-state index is 0.680. The summed E-state index contributed by atoms with van der Waals surface area (Å²) in [5.41, 5.74) is 0. The molecule has 1 aromatic heterocycles. The molecule has 0 aliphatic heterocycles. The van der Waals surface area contributed by atoms with Gasteiger partial charge in [0.25, 0.3) is 0 Å². The van der Waals surface area contributed by atoms with E-state index in [1.54, 1.807) is 0 Å². The number of unbranched alkanes of at least 4 members (excludes halogenated alkanes) is 1. The van der Waals surface area contributed by atoms with Gasteiger partial charge >= 0.3 is 0 Å². The number of aliphatic imine (C=N–C) groups is 1. The molecule has 0 atom stereocenters. The third-order valence-electron chi connectivity index (χ3n) is 3.13. The lowest BCUT2D eigenvalue weighted by Gasteiger charge is -2.11. The van der Waals surface area contributed by atoms with E-state index in [0.29, 0.717) is 11.7 Å². The van der Waals surface area contributed by atoms with Crippen LogP contribution >= 0.6 is 0 Å². The number of rotatable bonds is 12. The van der Waals surface area contributed by atoms with E-state index >= 15 is 0 Å². The van der Waals surface area contributed by atoms with Crippen molar-refractivity contribution < 1.29 is 9.26 Å². The van der Waals surface area contributed by atoms with Crippen LogP contribution in [0.25, 0.3) is 0 Å². The molecule has 0 saturated heterocycles. The van der Waals surface area contributed by atoms with Crippen molar-refractivity contribution in [2.75, 3.05) is 32.8 Å². The summed E-state index contributed by atoms with van der Waals surface area (Å²) in [4.78, 5) is 8.73. The Morgan fingerprint density at radius 1 is 1.17 bits per heavy atom. The lowest BCUT2D eigenvalue weighted by atomic mass is 10.3. The molecule has 2 N–H and O–H groups in total. The van der Waals surface area contributed by atoms with Crippen molar-refractivity contribution in [2.24, 2.45) is 4.99 Å². The molecule has 1 aromatic rings. The van der Waals surface area contributed by atoms with Crippen LogP contribution < -0.4 is 10.6 Å². The minimum Gasteiger partial charge on any atom is -0.381 e. The number of aromatic nitrogens is 2. The highest BCUT2D eigenvalue weighted by molar-refractivity contribution is 5.79.